The van der Waals surface area contributed by atoms with E-state index in [1.807, 2.05) is 0 Å². The maximum atomic E-state index is 15.1. The Morgan fingerprint density at radius 1 is 1.38 bits per heavy atom. The number of hydrogen-bond acceptors (Lipinski definition) is 8. The van der Waals surface area contributed by atoms with Crippen molar-refractivity contribution in [3.63, 3.8) is 0 Å². The van der Waals surface area contributed by atoms with Crippen molar-refractivity contribution in [1.82, 2.24) is 29.9 Å². The Bertz CT molecular complexity index is 1230. The van der Waals surface area contributed by atoms with Crippen molar-refractivity contribution in [2.75, 3.05) is 19.0 Å². The minimum Gasteiger partial charge on any atom is -0.441 e. The lowest BCUT2D eigenvalue weighted by Gasteiger charge is -2.61. The summed E-state index contributed by atoms with van der Waals surface area (Å²) in [6.07, 6.45) is 0.663. The Balaban J connectivity index is 1.12. The minimum absolute atomic E-state index is 0.0373. The molecule has 13 heteroatoms. The molecule has 1 saturated heterocycles. The molecule has 2 bridgehead atoms. The zero-order valence-electron chi connectivity index (χ0n) is 18.3. The van der Waals surface area contributed by atoms with Crippen LogP contribution in [0.5, 0.6) is 0 Å². The van der Waals surface area contributed by atoms with Crippen molar-refractivity contribution in [2.24, 2.45) is 5.92 Å². The summed E-state index contributed by atoms with van der Waals surface area (Å²) in [5.74, 6) is 1.48. The zero-order valence-corrected chi connectivity index (χ0v) is 19.0. The zero-order chi connectivity index (χ0) is 23.4. The fourth-order valence-electron chi connectivity index (χ4n) is 4.93. The Morgan fingerprint density at radius 2 is 2.21 bits per heavy atom. The second-order valence-corrected chi connectivity index (χ2v) is 9.54. The molecule has 3 aromatic rings. The molecular weight excluding hydrogens is 469 g/mol. The first-order valence-electron chi connectivity index (χ1n) is 11.0. The van der Waals surface area contributed by atoms with Crippen LogP contribution in [0.2, 0.25) is 5.15 Å². The lowest BCUT2D eigenvalue weighted by atomic mass is 9.50. The number of alkyl carbamates (subject to hydrolysis) is 1. The van der Waals surface area contributed by atoms with Gasteiger partial charge in [-0.25, -0.2) is 19.2 Å². The van der Waals surface area contributed by atoms with Gasteiger partial charge in [-0.1, -0.05) is 11.6 Å². The summed E-state index contributed by atoms with van der Waals surface area (Å²) in [6.45, 7) is 0.301. The summed E-state index contributed by atoms with van der Waals surface area (Å²) in [5.41, 5.74) is 1.58. The van der Waals surface area contributed by atoms with Gasteiger partial charge in [0, 0.05) is 31.0 Å². The molecule has 0 aromatic carbocycles. The first-order valence-corrected chi connectivity index (χ1v) is 11.4. The van der Waals surface area contributed by atoms with Crippen LogP contribution < -0.4 is 10.6 Å². The number of fused-ring (bicyclic) bond motifs is 1. The number of halogens is 2. The minimum atomic E-state index is -1.53. The molecule has 1 amide bonds. The lowest BCUT2D eigenvalue weighted by Crippen LogP contribution is -2.68. The number of ether oxygens (including phenoxy) is 3. The highest BCUT2D eigenvalue weighted by Crippen LogP contribution is 2.57. The Hall–Kier alpha value is -2.96. The molecule has 0 unspecified atom stereocenters. The van der Waals surface area contributed by atoms with Gasteiger partial charge in [0.15, 0.2) is 18.1 Å². The van der Waals surface area contributed by atoms with Crippen molar-refractivity contribution in [3.05, 3.63) is 34.9 Å². The number of nitrogens with zero attached hydrogens (tertiary/aromatic N) is 4. The molecule has 3 aromatic heterocycles. The molecule has 3 saturated carbocycles. The topological polar surface area (TPSA) is 128 Å². The lowest BCUT2D eigenvalue weighted by molar-refractivity contribution is -0.0528. The van der Waals surface area contributed by atoms with Crippen molar-refractivity contribution < 1.29 is 23.4 Å². The average molecular weight is 492 g/mol. The standard InChI is InChI=1S/C21H23ClFN7O4/c1-32-8-11-7-30-16(24-11)3-14(22)25-19(30)26-15-2-12(28-29-15)18-17(23)13(9-33-18)34-20(31)27-21-4-10(5-21)6-21/h2-3,7,10,13,17-18H,4-6,8-9H2,1H3,(H,27,31)(H2,25,26,28,29)/t10?,13-,17-,18-,21?/m1/s1. The predicted octanol–water partition coefficient (Wildman–Crippen LogP) is 3.05. The summed E-state index contributed by atoms with van der Waals surface area (Å²) < 4.78 is 32.8. The van der Waals surface area contributed by atoms with Crippen LogP contribution in [0, 0.1) is 5.92 Å². The van der Waals surface area contributed by atoms with Crippen molar-refractivity contribution in [3.8, 4) is 0 Å². The van der Waals surface area contributed by atoms with E-state index < -0.39 is 24.5 Å². The van der Waals surface area contributed by atoms with Crippen LogP contribution in [-0.2, 0) is 20.8 Å². The summed E-state index contributed by atoms with van der Waals surface area (Å²) in [5, 5.41) is 13.2. The first kappa shape index (κ1) is 21.6. The monoisotopic (exact) mass is 491 g/mol. The molecule has 7 rings (SSSR count). The second kappa shape index (κ2) is 8.07. The molecule has 3 atom stereocenters. The van der Waals surface area contributed by atoms with Crippen LogP contribution in [-0.4, -0.2) is 62.2 Å². The van der Waals surface area contributed by atoms with E-state index in [4.69, 9.17) is 25.8 Å². The van der Waals surface area contributed by atoms with Gasteiger partial charge in [0.25, 0.3) is 0 Å². The van der Waals surface area contributed by atoms with Crippen LogP contribution in [0.3, 0.4) is 0 Å². The summed E-state index contributed by atoms with van der Waals surface area (Å²) >= 11 is 6.14. The normalized spacial score (nSPS) is 29.5. The number of amides is 1. The predicted molar refractivity (Wildman–Crippen MR) is 118 cm³/mol. The molecule has 0 spiro atoms. The van der Waals surface area contributed by atoms with Crippen molar-refractivity contribution in [1.29, 1.82) is 0 Å². The number of aromatic amines is 1. The molecule has 34 heavy (non-hydrogen) atoms. The van der Waals surface area contributed by atoms with Crippen LogP contribution in [0.25, 0.3) is 5.65 Å². The highest BCUT2D eigenvalue weighted by Gasteiger charge is 2.58. The molecule has 1 aliphatic heterocycles. The summed E-state index contributed by atoms with van der Waals surface area (Å²) in [7, 11) is 1.58. The maximum absolute atomic E-state index is 15.1. The number of aromatic nitrogens is 5. The van der Waals surface area contributed by atoms with Gasteiger partial charge >= 0.3 is 6.09 Å². The number of carbonyl (C=O) groups excluding carboxylic acids is 1. The van der Waals surface area contributed by atoms with E-state index in [1.54, 1.807) is 29.8 Å². The fraction of sp³-hybridized carbons (Fsp3) is 0.524. The summed E-state index contributed by atoms with van der Waals surface area (Å²) in [4.78, 5) is 20.9. The Morgan fingerprint density at radius 3 is 2.94 bits per heavy atom. The van der Waals surface area contributed by atoms with E-state index in [-0.39, 0.29) is 17.3 Å². The quantitative estimate of drug-likeness (QED) is 0.430. The number of alkyl halides is 1. The van der Waals surface area contributed by atoms with Crippen LogP contribution in [0.15, 0.2) is 18.3 Å². The van der Waals surface area contributed by atoms with E-state index in [1.165, 1.54) is 0 Å². The van der Waals surface area contributed by atoms with Crippen LogP contribution in [0.1, 0.15) is 36.8 Å². The molecule has 3 N–H and O–H groups in total. The average Bonchev–Trinajstić information content (AvgIpc) is 3.44. The highest BCUT2D eigenvalue weighted by atomic mass is 35.5. The van der Waals surface area contributed by atoms with E-state index >= 15 is 4.39 Å². The number of H-pyrrole nitrogens is 1. The largest absolute Gasteiger partial charge is 0.441 e. The van der Waals surface area contributed by atoms with Gasteiger partial charge in [0.2, 0.25) is 5.95 Å². The first-order chi connectivity index (χ1) is 16.4. The Labute approximate surface area is 198 Å². The number of carbonyl (C=O) groups is 1. The number of nitrogens with one attached hydrogen (secondary N) is 3. The molecular formula is C21H23ClFN7O4. The van der Waals surface area contributed by atoms with E-state index in [2.05, 4.69) is 30.8 Å². The molecule has 0 radical (unpaired) electrons. The van der Waals surface area contributed by atoms with E-state index in [0.717, 1.165) is 25.2 Å². The van der Waals surface area contributed by atoms with Gasteiger partial charge in [-0.2, -0.15) is 5.10 Å². The molecule has 4 heterocycles. The third kappa shape index (κ3) is 3.75. The number of methoxy groups -OCH3 is 1. The second-order valence-electron chi connectivity index (χ2n) is 9.16. The van der Waals surface area contributed by atoms with E-state index in [0.29, 0.717) is 35.4 Å². The number of anilines is 2. The molecule has 180 valence electrons. The van der Waals surface area contributed by atoms with Gasteiger partial charge in [0.1, 0.15) is 16.9 Å². The number of imidazole rings is 1. The van der Waals surface area contributed by atoms with Crippen molar-refractivity contribution in [2.45, 2.75) is 49.8 Å². The van der Waals surface area contributed by atoms with Crippen LogP contribution in [0.4, 0.5) is 21.0 Å². The van der Waals surface area contributed by atoms with E-state index in [9.17, 15) is 4.79 Å². The van der Waals surface area contributed by atoms with Crippen molar-refractivity contribution >= 4 is 35.1 Å². The smallest absolute Gasteiger partial charge is 0.408 e. The van der Waals surface area contributed by atoms with Gasteiger partial charge in [-0.3, -0.25) is 9.50 Å². The third-order valence-electron chi connectivity index (χ3n) is 6.66. The van der Waals surface area contributed by atoms with Crippen LogP contribution >= 0.6 is 11.6 Å². The molecule has 3 aliphatic carbocycles. The fourth-order valence-corrected chi connectivity index (χ4v) is 5.11. The van der Waals surface area contributed by atoms with Gasteiger partial charge < -0.3 is 24.8 Å². The van der Waals surface area contributed by atoms with Gasteiger partial charge in [-0.15, -0.1) is 0 Å². The van der Waals surface area contributed by atoms with Gasteiger partial charge in [-0.05, 0) is 25.2 Å². The number of hydrogen-bond donors (Lipinski definition) is 3. The molecule has 4 fully saturated rings. The SMILES string of the molecule is COCc1cn2c(Nc3cc([C@H]4OC[C@@H](OC(=O)NC56CC(C5)C6)[C@H]4F)[nH]n3)nc(Cl)cc2n1. The maximum Gasteiger partial charge on any atom is 0.408 e. The summed E-state index contributed by atoms with van der Waals surface area (Å²) in [6, 6.07) is 3.25. The third-order valence-corrected chi connectivity index (χ3v) is 6.85. The molecule has 4 aliphatic rings. The molecule has 11 nitrogen and oxygen atoms in total. The Kier molecular flexibility index (Phi) is 5.12. The number of rotatable bonds is 7. The van der Waals surface area contributed by atoms with Gasteiger partial charge in [0.05, 0.1) is 24.6 Å². The highest BCUT2D eigenvalue weighted by molar-refractivity contribution is 6.29.